The van der Waals surface area contributed by atoms with Gasteiger partial charge in [-0.15, -0.1) is 0 Å². The summed E-state index contributed by atoms with van der Waals surface area (Å²) in [5, 5.41) is 71.9. The molecule has 0 bridgehead atoms. The van der Waals surface area contributed by atoms with E-state index >= 15 is 0 Å². The fourth-order valence-electron chi connectivity index (χ4n) is 6.45. The molecule has 15 nitrogen and oxygen atoms in total. The molecule has 0 aromatic carbocycles. The van der Waals surface area contributed by atoms with Crippen LogP contribution < -0.4 is 0 Å². The van der Waals surface area contributed by atoms with Crippen molar-refractivity contribution in [1.82, 2.24) is 0 Å². The van der Waals surface area contributed by atoms with E-state index in [4.69, 9.17) is 28.4 Å². The molecule has 2 fully saturated rings. The molecule has 2 heterocycles. The minimum atomic E-state index is -1.79. The van der Waals surface area contributed by atoms with E-state index < -0.39 is 99.3 Å². The quantitative estimate of drug-likeness (QED) is 0.0242. The number of esters is 2. The smallest absolute Gasteiger partial charge is 0.309 e. The number of aliphatic hydroxyl groups is 7. The van der Waals surface area contributed by atoms with E-state index in [0.29, 0.717) is 12.8 Å². The summed E-state index contributed by atoms with van der Waals surface area (Å²) in [6.45, 7) is 2.16. The molecule has 0 aromatic heterocycles. The average molecular weight is 931 g/mol. The first-order chi connectivity index (χ1) is 32.0. The van der Waals surface area contributed by atoms with Crippen LogP contribution in [0.5, 0.6) is 0 Å². The number of rotatable bonds is 33. The fourth-order valence-corrected chi connectivity index (χ4v) is 6.45. The van der Waals surface area contributed by atoms with Crippen LogP contribution in [0.2, 0.25) is 0 Å². The second-order valence-corrected chi connectivity index (χ2v) is 15.8. The highest BCUT2D eigenvalue weighted by molar-refractivity contribution is 5.71. The number of aliphatic hydroxyl groups excluding tert-OH is 7. The molecule has 0 spiro atoms. The lowest BCUT2D eigenvalue weighted by atomic mass is 9.98. The van der Waals surface area contributed by atoms with Crippen LogP contribution in [-0.2, 0) is 38.0 Å². The van der Waals surface area contributed by atoms with Gasteiger partial charge in [0.15, 0.2) is 18.7 Å². The zero-order valence-corrected chi connectivity index (χ0v) is 38.9. The lowest BCUT2D eigenvalue weighted by Gasteiger charge is -2.42. The van der Waals surface area contributed by atoms with Crippen molar-refractivity contribution in [1.29, 1.82) is 0 Å². The van der Waals surface area contributed by atoms with E-state index in [1.165, 1.54) is 0 Å². The van der Waals surface area contributed by atoms with Crippen LogP contribution in [-0.4, -0.2) is 142 Å². The molecule has 2 saturated heterocycles. The molecule has 2 rings (SSSR count). The van der Waals surface area contributed by atoms with Crippen LogP contribution in [0.3, 0.4) is 0 Å². The van der Waals surface area contributed by atoms with Crippen molar-refractivity contribution in [3.8, 4) is 0 Å². The number of hydrogen-bond donors (Lipinski definition) is 7. The molecule has 0 radical (unpaired) electrons. The van der Waals surface area contributed by atoms with Gasteiger partial charge in [0.05, 0.1) is 26.2 Å². The number of allylic oxidation sites excluding steroid dienone is 17. The second-order valence-electron chi connectivity index (χ2n) is 15.8. The Morgan fingerprint density at radius 2 is 0.939 bits per heavy atom. The van der Waals surface area contributed by atoms with Gasteiger partial charge >= 0.3 is 11.9 Å². The SMILES string of the molecule is CC/C=C\C/C=C\C/C=C\C/C=C\C/C=C\CC(=O)OC[C@H](CO[C@@H]1O[C@H](CO[C@@H]2O[C@H](CO)[C@H](O)[C@H](O)[C@H]2O)[C@H](O)[C@H](O)[C@H]1O)OC(=O)CCCC/C=C\C/C=C\C/C=C\C/C=C\CC. The van der Waals surface area contributed by atoms with Gasteiger partial charge in [-0.05, 0) is 77.0 Å². The summed E-state index contributed by atoms with van der Waals surface area (Å²) in [6, 6.07) is 0. The number of unbranched alkanes of at least 4 members (excludes halogenated alkanes) is 2. The standard InChI is InChI=1S/C51H78O15/c1-3-5-7-9-11-13-15-17-19-21-23-25-27-29-31-33-42(53)61-36-39(64-43(54)34-32-30-28-26-24-22-20-18-16-14-12-10-8-6-4-2)37-62-50-49(60)47(58)45(56)41(66-50)38-63-51-48(59)46(57)44(55)40(35-52)65-51/h5-8,11-14,17-20,23-26,29,31,39-41,44-52,55-60H,3-4,9-10,15-16,21-22,27-28,30,32-38H2,1-2H3/b7-5-,8-6-,13-11-,14-12-,19-17-,20-18-,25-23-,26-24-,31-29-/t39-,40-,41-,44+,45+,46+,47+,48-,49-,50-,51-/m1/s1. The Morgan fingerprint density at radius 1 is 0.500 bits per heavy atom. The summed E-state index contributed by atoms with van der Waals surface area (Å²) in [5.41, 5.74) is 0. The summed E-state index contributed by atoms with van der Waals surface area (Å²) in [7, 11) is 0. The third kappa shape index (κ3) is 25.3. The summed E-state index contributed by atoms with van der Waals surface area (Å²) in [4.78, 5) is 25.6. The lowest BCUT2D eigenvalue weighted by Crippen LogP contribution is -2.61. The minimum absolute atomic E-state index is 0.0308. The number of hydrogen-bond acceptors (Lipinski definition) is 15. The third-order valence-electron chi connectivity index (χ3n) is 10.3. The highest BCUT2D eigenvalue weighted by Crippen LogP contribution is 2.26. The molecule has 0 aliphatic carbocycles. The second kappa shape index (κ2) is 37.2. The van der Waals surface area contributed by atoms with E-state index in [1.54, 1.807) is 6.08 Å². The molecule has 0 unspecified atom stereocenters. The van der Waals surface area contributed by atoms with Gasteiger partial charge in [0.25, 0.3) is 0 Å². The maximum atomic E-state index is 12.9. The van der Waals surface area contributed by atoms with Crippen LogP contribution in [0.4, 0.5) is 0 Å². The monoisotopic (exact) mass is 931 g/mol. The molecule has 66 heavy (non-hydrogen) atoms. The van der Waals surface area contributed by atoms with Crippen molar-refractivity contribution in [2.45, 2.75) is 171 Å². The molecule has 15 heteroatoms. The molecule has 0 aromatic rings. The van der Waals surface area contributed by atoms with Gasteiger partial charge in [-0.3, -0.25) is 9.59 Å². The van der Waals surface area contributed by atoms with Gasteiger partial charge in [-0.1, -0.05) is 123 Å². The zero-order chi connectivity index (χ0) is 48.2. The predicted octanol–water partition coefficient (Wildman–Crippen LogP) is 5.59. The highest BCUT2D eigenvalue weighted by Gasteiger charge is 2.47. The first-order valence-electron chi connectivity index (χ1n) is 23.5. The summed E-state index contributed by atoms with van der Waals surface area (Å²) >= 11 is 0. The Kier molecular flexibility index (Phi) is 32.8. The normalized spacial score (nSPS) is 27.2. The Hall–Kier alpha value is -3.84. The Bertz CT molecular complexity index is 1560. The van der Waals surface area contributed by atoms with E-state index in [9.17, 15) is 45.3 Å². The first-order valence-corrected chi connectivity index (χ1v) is 23.5. The molecule has 0 amide bonds. The minimum Gasteiger partial charge on any atom is -0.461 e. The molecule has 2 aliphatic rings. The molecule has 7 N–H and O–H groups in total. The largest absolute Gasteiger partial charge is 0.461 e. The average Bonchev–Trinajstić information content (AvgIpc) is 3.31. The Labute approximate surface area is 391 Å². The molecule has 0 saturated carbocycles. The Balaban J connectivity index is 1.91. The van der Waals surface area contributed by atoms with Gasteiger partial charge in [-0.2, -0.15) is 0 Å². The Morgan fingerprint density at radius 3 is 1.44 bits per heavy atom. The number of carbonyl (C=O) groups is 2. The van der Waals surface area contributed by atoms with Gasteiger partial charge in [0, 0.05) is 6.42 Å². The lowest BCUT2D eigenvalue weighted by molar-refractivity contribution is -0.332. The van der Waals surface area contributed by atoms with Gasteiger partial charge in [0.2, 0.25) is 0 Å². The van der Waals surface area contributed by atoms with Crippen LogP contribution >= 0.6 is 0 Å². The maximum Gasteiger partial charge on any atom is 0.309 e. The van der Waals surface area contributed by atoms with Crippen molar-refractivity contribution in [3.05, 3.63) is 109 Å². The summed E-state index contributed by atoms with van der Waals surface area (Å²) in [6.07, 6.45) is 30.2. The molecule has 372 valence electrons. The van der Waals surface area contributed by atoms with E-state index in [1.807, 2.05) is 18.2 Å². The first kappa shape index (κ1) is 58.3. The highest BCUT2D eigenvalue weighted by atomic mass is 16.7. The maximum absolute atomic E-state index is 12.9. The van der Waals surface area contributed by atoms with Gasteiger partial charge < -0.3 is 64.2 Å². The van der Waals surface area contributed by atoms with Gasteiger partial charge in [-0.25, -0.2) is 0 Å². The zero-order valence-electron chi connectivity index (χ0n) is 38.9. The van der Waals surface area contributed by atoms with Crippen LogP contribution in [0.1, 0.15) is 104 Å². The molecular formula is C51H78O15. The van der Waals surface area contributed by atoms with Crippen LogP contribution in [0, 0.1) is 0 Å². The van der Waals surface area contributed by atoms with Gasteiger partial charge in [0.1, 0.15) is 55.4 Å². The van der Waals surface area contributed by atoms with Crippen molar-refractivity contribution < 1.29 is 73.8 Å². The third-order valence-corrected chi connectivity index (χ3v) is 10.3. The molecule has 11 atom stereocenters. The van der Waals surface area contributed by atoms with Crippen molar-refractivity contribution in [2.24, 2.45) is 0 Å². The van der Waals surface area contributed by atoms with Crippen molar-refractivity contribution in [2.75, 3.05) is 26.4 Å². The predicted molar refractivity (Wildman–Crippen MR) is 251 cm³/mol. The van der Waals surface area contributed by atoms with E-state index in [2.05, 4.69) is 98.9 Å². The van der Waals surface area contributed by atoms with Crippen molar-refractivity contribution in [3.63, 3.8) is 0 Å². The van der Waals surface area contributed by atoms with E-state index in [-0.39, 0.29) is 19.4 Å². The van der Waals surface area contributed by atoms with Crippen LogP contribution in [0.15, 0.2) is 109 Å². The van der Waals surface area contributed by atoms with Crippen LogP contribution in [0.25, 0.3) is 0 Å². The van der Waals surface area contributed by atoms with Crippen molar-refractivity contribution >= 4 is 11.9 Å². The number of ether oxygens (including phenoxy) is 6. The summed E-state index contributed by atoms with van der Waals surface area (Å²) in [5.74, 6) is -1.14. The summed E-state index contributed by atoms with van der Waals surface area (Å²) < 4.78 is 33.3. The van der Waals surface area contributed by atoms with E-state index in [0.717, 1.165) is 64.2 Å². The molecular weight excluding hydrogens is 853 g/mol. The molecule has 2 aliphatic heterocycles. The topological polar surface area (TPSA) is 231 Å². The fraction of sp³-hybridized carbons (Fsp3) is 0.608. The number of carbonyl (C=O) groups excluding carboxylic acids is 2.